The van der Waals surface area contributed by atoms with Crippen molar-refractivity contribution >= 4 is 9.84 Å². The zero-order chi connectivity index (χ0) is 15.0. The van der Waals surface area contributed by atoms with Gasteiger partial charge in [0.25, 0.3) is 0 Å². The summed E-state index contributed by atoms with van der Waals surface area (Å²) in [5.41, 5.74) is 1.58. The molecule has 9 heteroatoms. The van der Waals surface area contributed by atoms with E-state index in [0.29, 0.717) is 18.8 Å². The first kappa shape index (κ1) is 14.2. The Morgan fingerprint density at radius 3 is 2.95 bits per heavy atom. The molecule has 0 amide bonds. The first-order valence-electron chi connectivity index (χ1n) is 6.84. The molecule has 0 unspecified atom stereocenters. The third-order valence-electron chi connectivity index (χ3n) is 3.81. The van der Waals surface area contributed by atoms with E-state index in [1.165, 1.54) is 6.26 Å². The first-order valence-corrected chi connectivity index (χ1v) is 8.79. The van der Waals surface area contributed by atoms with Gasteiger partial charge in [-0.25, -0.2) is 13.1 Å². The number of sulfone groups is 1. The minimum absolute atomic E-state index is 0.223. The average molecular weight is 310 g/mol. The van der Waals surface area contributed by atoms with Gasteiger partial charge in [0.05, 0.1) is 23.2 Å². The Morgan fingerprint density at radius 1 is 1.43 bits per heavy atom. The fraction of sp³-hybridized carbons (Fsp3) is 0.583. The Morgan fingerprint density at radius 2 is 2.24 bits per heavy atom. The number of aryl methyl sites for hydroxylation is 1. The van der Waals surface area contributed by atoms with E-state index in [1.54, 1.807) is 17.1 Å². The van der Waals surface area contributed by atoms with Crippen LogP contribution in [-0.4, -0.2) is 57.8 Å². The van der Waals surface area contributed by atoms with Crippen LogP contribution in [0.1, 0.15) is 13.0 Å². The van der Waals surface area contributed by atoms with Crippen LogP contribution in [0.5, 0.6) is 0 Å². The van der Waals surface area contributed by atoms with Crippen molar-refractivity contribution < 1.29 is 8.42 Å². The lowest BCUT2D eigenvalue weighted by Gasteiger charge is -2.16. The molecular weight excluding hydrogens is 292 g/mol. The minimum atomic E-state index is -3.13. The van der Waals surface area contributed by atoms with Gasteiger partial charge < -0.3 is 5.32 Å². The van der Waals surface area contributed by atoms with Gasteiger partial charge in [0, 0.05) is 32.1 Å². The van der Waals surface area contributed by atoms with Crippen molar-refractivity contribution in [1.29, 1.82) is 0 Å². The second kappa shape index (κ2) is 5.23. The molecule has 2 aromatic rings. The molecule has 0 aromatic carbocycles. The first-order chi connectivity index (χ1) is 10.0. The van der Waals surface area contributed by atoms with E-state index < -0.39 is 15.1 Å². The summed E-state index contributed by atoms with van der Waals surface area (Å²) in [6, 6.07) is 1.65. The van der Waals surface area contributed by atoms with Crippen LogP contribution in [-0.2, 0) is 16.4 Å². The lowest BCUT2D eigenvalue weighted by Crippen LogP contribution is -2.30. The number of nitrogens with one attached hydrogen (secondary N) is 1. The Bertz CT molecular complexity index is 735. The maximum Gasteiger partial charge on any atom is 0.153 e. The highest BCUT2D eigenvalue weighted by atomic mass is 32.2. The maximum absolute atomic E-state index is 11.8. The number of hydrogen-bond donors (Lipinski definition) is 1. The highest BCUT2D eigenvalue weighted by molar-refractivity contribution is 7.91. The summed E-state index contributed by atoms with van der Waals surface area (Å²) in [5.74, 6) is 0. The molecule has 1 N–H and O–H groups in total. The van der Waals surface area contributed by atoms with Crippen LogP contribution in [0.4, 0.5) is 0 Å². The molecule has 0 aliphatic carbocycles. The predicted molar refractivity (Wildman–Crippen MR) is 77.5 cm³/mol. The van der Waals surface area contributed by atoms with Gasteiger partial charge in [-0.2, -0.15) is 5.10 Å². The molecular formula is C12H18N6O2S. The van der Waals surface area contributed by atoms with Crippen molar-refractivity contribution in [1.82, 2.24) is 30.1 Å². The summed E-state index contributed by atoms with van der Waals surface area (Å²) in [6.07, 6.45) is 4.77. The molecule has 0 spiro atoms. The summed E-state index contributed by atoms with van der Waals surface area (Å²) < 4.78 is 27.2. The van der Waals surface area contributed by atoms with Crippen molar-refractivity contribution in [3.8, 4) is 11.4 Å². The molecule has 114 valence electrons. The van der Waals surface area contributed by atoms with E-state index >= 15 is 0 Å². The van der Waals surface area contributed by atoms with Crippen LogP contribution in [0.3, 0.4) is 0 Å². The van der Waals surface area contributed by atoms with Gasteiger partial charge in [0.15, 0.2) is 9.84 Å². The van der Waals surface area contributed by atoms with Crippen LogP contribution < -0.4 is 5.32 Å². The summed E-state index contributed by atoms with van der Waals surface area (Å²) in [7, 11) is -3.13. The molecule has 1 fully saturated rings. The second-order valence-corrected chi connectivity index (χ2v) is 7.47. The van der Waals surface area contributed by atoms with Crippen LogP contribution in [0.2, 0.25) is 0 Å². The van der Waals surface area contributed by atoms with Crippen molar-refractivity contribution in [2.24, 2.45) is 0 Å². The fourth-order valence-corrected chi connectivity index (χ4v) is 3.91. The van der Waals surface area contributed by atoms with Crippen molar-refractivity contribution in [3.05, 3.63) is 18.5 Å². The van der Waals surface area contributed by atoms with E-state index in [4.69, 9.17) is 0 Å². The van der Waals surface area contributed by atoms with E-state index in [2.05, 4.69) is 20.7 Å². The van der Waals surface area contributed by atoms with Gasteiger partial charge in [0.1, 0.15) is 5.69 Å². The quantitative estimate of drug-likeness (QED) is 0.834. The number of nitrogens with zero attached hydrogens (tertiary/aromatic N) is 5. The smallest absolute Gasteiger partial charge is 0.153 e. The summed E-state index contributed by atoms with van der Waals surface area (Å²) in [5, 5.41) is 15.1. The van der Waals surface area contributed by atoms with Gasteiger partial charge in [-0.05, 0) is 13.0 Å². The molecule has 3 heterocycles. The third-order valence-corrected chi connectivity index (χ3v) is 5.39. The Labute approximate surface area is 123 Å². The molecule has 0 bridgehead atoms. The monoisotopic (exact) mass is 310 g/mol. The molecule has 2 aromatic heterocycles. The molecule has 1 saturated heterocycles. The van der Waals surface area contributed by atoms with Crippen LogP contribution in [0.15, 0.2) is 18.5 Å². The van der Waals surface area contributed by atoms with Crippen LogP contribution >= 0.6 is 0 Å². The fourth-order valence-electron chi connectivity index (χ4n) is 2.70. The largest absolute Gasteiger partial charge is 0.313 e. The third kappa shape index (κ3) is 2.58. The van der Waals surface area contributed by atoms with Gasteiger partial charge in [-0.1, -0.05) is 5.21 Å². The molecule has 21 heavy (non-hydrogen) atoms. The highest BCUT2D eigenvalue weighted by Crippen LogP contribution is 2.23. The van der Waals surface area contributed by atoms with Crippen molar-refractivity contribution in [2.75, 3.05) is 19.3 Å². The van der Waals surface area contributed by atoms with Gasteiger partial charge in [0.2, 0.25) is 0 Å². The van der Waals surface area contributed by atoms with Crippen LogP contribution in [0.25, 0.3) is 11.4 Å². The SMILES string of the molecule is CCn1nccc1-c1cn([C@@H]2CNC[C@H]2S(C)(=O)=O)nn1. The molecule has 2 atom stereocenters. The Hall–Kier alpha value is -1.74. The molecule has 3 rings (SSSR count). The molecule has 0 radical (unpaired) electrons. The Kier molecular flexibility index (Phi) is 3.54. The molecule has 1 aliphatic heterocycles. The standard InChI is InChI=1S/C12H18N6O2S/c1-3-17-10(4-5-14-17)9-8-18(16-15-9)11-6-13-7-12(11)21(2,19)20/h4-5,8,11-13H,3,6-7H2,1-2H3/t11-,12-/m1/s1. The maximum atomic E-state index is 11.8. The highest BCUT2D eigenvalue weighted by Gasteiger charge is 2.36. The normalized spacial score (nSPS) is 22.8. The number of rotatable bonds is 4. The molecule has 1 aliphatic rings. The van der Waals surface area contributed by atoms with E-state index in [9.17, 15) is 8.42 Å². The lowest BCUT2D eigenvalue weighted by atomic mass is 10.2. The predicted octanol–water partition coefficient (Wildman–Crippen LogP) is -0.281. The van der Waals surface area contributed by atoms with Crippen molar-refractivity contribution in [3.63, 3.8) is 0 Å². The van der Waals surface area contributed by atoms with Gasteiger partial charge in [-0.15, -0.1) is 5.10 Å². The van der Waals surface area contributed by atoms with Crippen LogP contribution in [0, 0.1) is 0 Å². The average Bonchev–Trinajstić information content (AvgIpc) is 3.16. The van der Waals surface area contributed by atoms with Gasteiger partial charge in [-0.3, -0.25) is 4.68 Å². The summed E-state index contributed by atoms with van der Waals surface area (Å²) >= 11 is 0. The zero-order valence-corrected chi connectivity index (χ0v) is 12.8. The summed E-state index contributed by atoms with van der Waals surface area (Å²) in [6.45, 7) is 3.77. The van der Waals surface area contributed by atoms with Crippen molar-refractivity contribution in [2.45, 2.75) is 24.8 Å². The van der Waals surface area contributed by atoms with E-state index in [1.807, 2.05) is 17.7 Å². The molecule has 0 saturated carbocycles. The van der Waals surface area contributed by atoms with E-state index in [-0.39, 0.29) is 6.04 Å². The lowest BCUT2D eigenvalue weighted by molar-refractivity contribution is 0.467. The van der Waals surface area contributed by atoms with E-state index in [0.717, 1.165) is 12.2 Å². The topological polar surface area (TPSA) is 94.7 Å². The summed E-state index contributed by atoms with van der Waals surface area (Å²) in [4.78, 5) is 0. The Balaban J connectivity index is 1.92. The number of aromatic nitrogens is 5. The van der Waals surface area contributed by atoms with Gasteiger partial charge >= 0.3 is 0 Å². The number of hydrogen-bond acceptors (Lipinski definition) is 6. The second-order valence-electron chi connectivity index (χ2n) is 5.21. The minimum Gasteiger partial charge on any atom is -0.313 e. The zero-order valence-electron chi connectivity index (χ0n) is 12.0. The molecule has 8 nitrogen and oxygen atoms in total.